The van der Waals surface area contributed by atoms with Gasteiger partial charge in [-0.25, -0.2) is 4.79 Å². The van der Waals surface area contributed by atoms with Gasteiger partial charge in [0.2, 0.25) is 0 Å². The number of aromatic nitrogens is 1. The zero-order valence-electron chi connectivity index (χ0n) is 14.9. The number of likely N-dealkylation sites (N-methyl/N-ethyl adjacent to an activating group) is 1. The third kappa shape index (κ3) is 2.57. The van der Waals surface area contributed by atoms with E-state index in [1.807, 2.05) is 0 Å². The van der Waals surface area contributed by atoms with E-state index in [2.05, 4.69) is 47.4 Å². The average molecular weight is 353 g/mol. The van der Waals surface area contributed by atoms with Crippen LogP contribution in [-0.4, -0.2) is 66.9 Å². The Bertz CT molecular complexity index is 882. The van der Waals surface area contributed by atoms with Gasteiger partial charge in [-0.2, -0.15) is 0 Å². The monoisotopic (exact) mass is 353 g/mol. The number of hydrogen-bond acceptors (Lipinski definition) is 5. The van der Waals surface area contributed by atoms with Crippen LogP contribution in [0.5, 0.6) is 0 Å². The number of fused-ring (bicyclic) bond motifs is 2. The summed E-state index contributed by atoms with van der Waals surface area (Å²) in [4.78, 5) is 24.0. The van der Waals surface area contributed by atoms with Crippen LogP contribution in [-0.2, 0) is 20.8 Å². The summed E-state index contributed by atoms with van der Waals surface area (Å²) in [5.74, 6) is -0.415. The third-order valence-electron chi connectivity index (χ3n) is 5.76. The number of rotatable bonds is 2. The van der Waals surface area contributed by atoms with Crippen molar-refractivity contribution in [2.24, 2.45) is 5.92 Å². The molecule has 2 unspecified atom stereocenters. The van der Waals surface area contributed by atoms with Crippen LogP contribution in [0.4, 0.5) is 0 Å². The van der Waals surface area contributed by atoms with E-state index in [-0.39, 0.29) is 11.9 Å². The molecule has 0 bridgehead atoms. The maximum Gasteiger partial charge on any atom is 0.333 e. The lowest BCUT2D eigenvalue weighted by Gasteiger charge is -2.39. The van der Waals surface area contributed by atoms with Gasteiger partial charge in [-0.3, -0.25) is 4.90 Å². The molecule has 0 saturated carbocycles. The quantitative estimate of drug-likeness (QED) is 0.893. The molecule has 1 fully saturated rings. The minimum atomic E-state index is -0.246. The normalized spacial score (nSPS) is 26.4. The largest absolute Gasteiger partial charge is 0.379 e. The van der Waals surface area contributed by atoms with E-state index in [4.69, 9.17) is 9.57 Å². The Kier molecular flexibility index (Phi) is 3.85. The Morgan fingerprint density at radius 3 is 3.00 bits per heavy atom. The highest BCUT2D eigenvalue weighted by Crippen LogP contribution is 2.40. The first-order valence-electron chi connectivity index (χ1n) is 9.26. The maximum absolute atomic E-state index is 12.7. The summed E-state index contributed by atoms with van der Waals surface area (Å²) >= 11 is 0. The molecule has 136 valence electrons. The third-order valence-corrected chi connectivity index (χ3v) is 5.76. The molecule has 6 nitrogen and oxygen atoms in total. The van der Waals surface area contributed by atoms with Gasteiger partial charge in [0.15, 0.2) is 0 Å². The number of benzene rings is 1. The highest BCUT2D eigenvalue weighted by Gasteiger charge is 2.36. The number of hydrogen-bond donors (Lipinski definition) is 1. The lowest BCUT2D eigenvalue weighted by molar-refractivity contribution is -0.209. The standard InChI is InChI=1S/C20H23N3O3/c1-22-12-14(20(24)26-23-5-7-25-8-6-23)9-16-15-3-2-4-17-19(15)13(11-21-17)10-18(16)22/h2-4,9,11,14,18,21H,5-8,10,12H2,1H3. The minimum absolute atomic E-state index is 0.170. The van der Waals surface area contributed by atoms with Gasteiger partial charge in [0, 0.05) is 29.7 Å². The molecule has 0 spiro atoms. The lowest BCUT2D eigenvalue weighted by Crippen LogP contribution is -2.46. The Morgan fingerprint density at radius 1 is 1.31 bits per heavy atom. The Hall–Kier alpha value is -2.15. The van der Waals surface area contributed by atoms with Crippen LogP contribution in [0.3, 0.4) is 0 Å². The molecule has 1 N–H and O–H groups in total. The molecule has 26 heavy (non-hydrogen) atoms. The molecule has 2 aliphatic heterocycles. The number of carbonyl (C=O) groups is 1. The molecule has 5 rings (SSSR count). The number of H-pyrrole nitrogens is 1. The van der Waals surface area contributed by atoms with Gasteiger partial charge in [-0.05, 0) is 36.2 Å². The smallest absolute Gasteiger partial charge is 0.333 e. The molecule has 1 aliphatic carbocycles. The van der Waals surface area contributed by atoms with Crippen LogP contribution in [0.1, 0.15) is 11.1 Å². The topological polar surface area (TPSA) is 57.8 Å². The van der Waals surface area contributed by atoms with Crippen LogP contribution < -0.4 is 0 Å². The van der Waals surface area contributed by atoms with Gasteiger partial charge in [0.05, 0.1) is 32.2 Å². The highest BCUT2D eigenvalue weighted by molar-refractivity contribution is 5.99. The number of morpholine rings is 1. The molecule has 0 radical (unpaired) electrons. The van der Waals surface area contributed by atoms with Crippen molar-refractivity contribution in [3.63, 3.8) is 0 Å². The van der Waals surface area contributed by atoms with Crippen LogP contribution >= 0.6 is 0 Å². The minimum Gasteiger partial charge on any atom is -0.379 e. The summed E-state index contributed by atoms with van der Waals surface area (Å²) in [5.41, 5.74) is 5.02. The van der Waals surface area contributed by atoms with E-state index < -0.39 is 0 Å². The van der Waals surface area contributed by atoms with Crippen molar-refractivity contribution in [1.29, 1.82) is 0 Å². The van der Waals surface area contributed by atoms with Gasteiger partial charge in [-0.1, -0.05) is 18.2 Å². The summed E-state index contributed by atoms with van der Waals surface area (Å²) in [6, 6.07) is 6.68. The highest BCUT2D eigenvalue weighted by atomic mass is 16.7. The molecule has 1 aromatic carbocycles. The molecular weight excluding hydrogens is 330 g/mol. The van der Waals surface area contributed by atoms with Gasteiger partial charge >= 0.3 is 5.97 Å². The number of nitrogens with one attached hydrogen (secondary N) is 1. The van der Waals surface area contributed by atoms with Gasteiger partial charge in [0.25, 0.3) is 0 Å². The molecule has 6 heteroatoms. The fraction of sp³-hybridized carbons (Fsp3) is 0.450. The van der Waals surface area contributed by atoms with Crippen molar-refractivity contribution in [2.75, 3.05) is 39.9 Å². The zero-order valence-corrected chi connectivity index (χ0v) is 14.9. The van der Waals surface area contributed by atoms with Gasteiger partial charge in [0.1, 0.15) is 0 Å². The fourth-order valence-corrected chi connectivity index (χ4v) is 4.43. The summed E-state index contributed by atoms with van der Waals surface area (Å²) in [5, 5.41) is 3.02. The first-order valence-corrected chi connectivity index (χ1v) is 9.26. The van der Waals surface area contributed by atoms with Crippen molar-refractivity contribution in [2.45, 2.75) is 12.5 Å². The fourth-order valence-electron chi connectivity index (χ4n) is 4.43. The van der Waals surface area contributed by atoms with Gasteiger partial charge < -0.3 is 14.6 Å². The number of hydroxylamine groups is 2. The molecule has 3 heterocycles. The number of nitrogens with zero attached hydrogens (tertiary/aromatic N) is 2. The average Bonchev–Trinajstić information content (AvgIpc) is 3.08. The predicted molar refractivity (Wildman–Crippen MR) is 98.4 cm³/mol. The van der Waals surface area contributed by atoms with E-state index >= 15 is 0 Å². The summed E-state index contributed by atoms with van der Waals surface area (Å²) < 4.78 is 5.32. The van der Waals surface area contributed by atoms with E-state index in [9.17, 15) is 4.79 Å². The molecule has 1 aromatic heterocycles. The molecule has 1 saturated heterocycles. The zero-order chi connectivity index (χ0) is 17.7. The SMILES string of the molecule is CN1CC(C(=O)ON2CCOCC2)C=C2c3cccc4[nH]cc(c34)CC21. The number of carbonyl (C=O) groups excluding carboxylic acids is 1. The second-order valence-corrected chi connectivity index (χ2v) is 7.38. The van der Waals surface area contributed by atoms with Crippen molar-refractivity contribution in [1.82, 2.24) is 14.9 Å². The molecule has 2 aromatic rings. The summed E-state index contributed by atoms with van der Waals surface area (Å²) in [7, 11) is 2.10. The van der Waals surface area contributed by atoms with E-state index in [1.54, 1.807) is 5.06 Å². The second kappa shape index (κ2) is 6.23. The Morgan fingerprint density at radius 2 is 2.15 bits per heavy atom. The van der Waals surface area contributed by atoms with E-state index in [1.165, 1.54) is 22.1 Å². The second-order valence-electron chi connectivity index (χ2n) is 7.38. The molecule has 3 aliphatic rings. The Balaban J connectivity index is 1.47. The van der Waals surface area contributed by atoms with Crippen molar-refractivity contribution in [3.8, 4) is 0 Å². The van der Waals surface area contributed by atoms with Crippen molar-refractivity contribution in [3.05, 3.63) is 41.6 Å². The maximum atomic E-state index is 12.7. The van der Waals surface area contributed by atoms with Crippen LogP contribution in [0.2, 0.25) is 0 Å². The van der Waals surface area contributed by atoms with Crippen LogP contribution in [0.15, 0.2) is 30.5 Å². The van der Waals surface area contributed by atoms with Crippen molar-refractivity contribution >= 4 is 22.4 Å². The number of aromatic amines is 1. The first-order chi connectivity index (χ1) is 12.7. The van der Waals surface area contributed by atoms with Crippen LogP contribution in [0, 0.1) is 5.92 Å². The van der Waals surface area contributed by atoms with Crippen molar-refractivity contribution < 1.29 is 14.4 Å². The molecule has 0 amide bonds. The number of ether oxygens (including phenoxy) is 1. The Labute approximate surface area is 152 Å². The summed E-state index contributed by atoms with van der Waals surface area (Å²) in [6.45, 7) is 3.19. The van der Waals surface area contributed by atoms with E-state index in [0.29, 0.717) is 38.9 Å². The molecule has 2 atom stereocenters. The molecular formula is C20H23N3O3. The first kappa shape index (κ1) is 16.1. The lowest BCUT2D eigenvalue weighted by atomic mass is 9.80. The van der Waals surface area contributed by atoms with Gasteiger partial charge in [-0.15, -0.1) is 5.06 Å². The van der Waals surface area contributed by atoms with Crippen LogP contribution in [0.25, 0.3) is 16.5 Å². The van der Waals surface area contributed by atoms with E-state index in [0.717, 1.165) is 11.9 Å². The summed E-state index contributed by atoms with van der Waals surface area (Å²) in [6.07, 6.45) is 5.24. The predicted octanol–water partition coefficient (Wildman–Crippen LogP) is 1.83.